The number of methoxy groups -OCH3 is 1. The van der Waals surface area contributed by atoms with Crippen molar-refractivity contribution in [1.82, 2.24) is 24.4 Å². The number of likely N-dealkylation sites (N-methyl/N-ethyl adjacent to an activating group) is 1. The van der Waals surface area contributed by atoms with Gasteiger partial charge in [0.1, 0.15) is 5.75 Å². The van der Waals surface area contributed by atoms with E-state index in [1.165, 1.54) is 11.3 Å². The fraction of sp³-hybridized carbons (Fsp3) is 0.304. The second-order valence-corrected chi connectivity index (χ2v) is 8.81. The van der Waals surface area contributed by atoms with Crippen LogP contribution in [-0.2, 0) is 0 Å². The van der Waals surface area contributed by atoms with Crippen LogP contribution in [0.3, 0.4) is 0 Å². The summed E-state index contributed by atoms with van der Waals surface area (Å²) in [6.45, 7) is 3.84. The van der Waals surface area contributed by atoms with Gasteiger partial charge in [0.2, 0.25) is 10.8 Å². The molecule has 160 valence electrons. The van der Waals surface area contributed by atoms with E-state index < -0.39 is 0 Å². The average molecular weight is 436 g/mol. The van der Waals surface area contributed by atoms with E-state index in [4.69, 9.17) is 4.74 Å². The molecule has 1 atom stereocenters. The molecule has 0 saturated carbocycles. The molecule has 4 aromatic rings. The first-order chi connectivity index (χ1) is 15.1. The van der Waals surface area contributed by atoms with Crippen molar-refractivity contribution in [2.45, 2.75) is 6.04 Å². The third-order valence-electron chi connectivity index (χ3n) is 5.81. The SMILES string of the molecule is COc1ccc(C(c2sc3nc(-c4ccccc4)nn3c2O)N2CCN(C)CC2)cc1. The Bertz CT molecular complexity index is 1160. The van der Waals surface area contributed by atoms with Crippen molar-refractivity contribution in [3.8, 4) is 23.0 Å². The van der Waals surface area contributed by atoms with Crippen LogP contribution in [0.25, 0.3) is 16.3 Å². The van der Waals surface area contributed by atoms with Crippen molar-refractivity contribution in [3.05, 3.63) is 65.0 Å². The molecule has 0 radical (unpaired) electrons. The van der Waals surface area contributed by atoms with Crippen LogP contribution < -0.4 is 4.74 Å². The first-order valence-corrected chi connectivity index (χ1v) is 11.2. The summed E-state index contributed by atoms with van der Waals surface area (Å²) in [6.07, 6.45) is 0. The molecule has 1 unspecified atom stereocenters. The van der Waals surface area contributed by atoms with E-state index in [2.05, 4.69) is 39.1 Å². The lowest BCUT2D eigenvalue weighted by molar-refractivity contribution is 0.127. The van der Waals surface area contributed by atoms with Gasteiger partial charge < -0.3 is 14.7 Å². The highest BCUT2D eigenvalue weighted by Crippen LogP contribution is 2.41. The van der Waals surface area contributed by atoms with Crippen molar-refractivity contribution >= 4 is 16.3 Å². The molecular weight excluding hydrogens is 410 g/mol. The molecule has 1 N–H and O–H groups in total. The first kappa shape index (κ1) is 20.0. The molecule has 1 aliphatic heterocycles. The molecule has 0 aliphatic carbocycles. The van der Waals surface area contributed by atoms with Crippen LogP contribution >= 0.6 is 11.3 Å². The third-order valence-corrected chi connectivity index (χ3v) is 6.89. The van der Waals surface area contributed by atoms with Crippen molar-refractivity contribution < 1.29 is 9.84 Å². The van der Waals surface area contributed by atoms with Gasteiger partial charge in [0.25, 0.3) is 0 Å². The zero-order valence-electron chi connectivity index (χ0n) is 17.6. The number of aromatic hydroxyl groups is 1. The van der Waals surface area contributed by atoms with Crippen molar-refractivity contribution in [2.24, 2.45) is 0 Å². The minimum Gasteiger partial charge on any atom is -0.497 e. The topological polar surface area (TPSA) is 66.1 Å². The van der Waals surface area contributed by atoms with Gasteiger partial charge in [-0.3, -0.25) is 4.90 Å². The maximum absolute atomic E-state index is 11.2. The Morgan fingerprint density at radius 3 is 2.35 bits per heavy atom. The largest absolute Gasteiger partial charge is 0.497 e. The smallest absolute Gasteiger partial charge is 0.230 e. The summed E-state index contributed by atoms with van der Waals surface area (Å²) < 4.78 is 6.90. The van der Waals surface area contributed by atoms with Crippen LogP contribution in [0.5, 0.6) is 11.6 Å². The Morgan fingerprint density at radius 1 is 1.00 bits per heavy atom. The Labute approximate surface area is 185 Å². The van der Waals surface area contributed by atoms with E-state index in [9.17, 15) is 5.11 Å². The Morgan fingerprint density at radius 2 is 1.71 bits per heavy atom. The number of piperazine rings is 1. The first-order valence-electron chi connectivity index (χ1n) is 10.3. The number of nitrogens with zero attached hydrogens (tertiary/aromatic N) is 5. The molecule has 1 fully saturated rings. The lowest BCUT2D eigenvalue weighted by Crippen LogP contribution is -2.46. The van der Waals surface area contributed by atoms with E-state index in [0.29, 0.717) is 10.8 Å². The maximum Gasteiger partial charge on any atom is 0.230 e. The highest BCUT2D eigenvalue weighted by atomic mass is 32.1. The fourth-order valence-electron chi connectivity index (χ4n) is 4.03. The van der Waals surface area contributed by atoms with Crippen LogP contribution in [0, 0.1) is 0 Å². The molecule has 7 nitrogen and oxygen atoms in total. The quantitative estimate of drug-likeness (QED) is 0.518. The average Bonchev–Trinajstić information content (AvgIpc) is 3.36. The molecule has 31 heavy (non-hydrogen) atoms. The Hall–Kier alpha value is -2.94. The zero-order valence-corrected chi connectivity index (χ0v) is 18.4. The van der Waals surface area contributed by atoms with Gasteiger partial charge in [-0.25, -0.2) is 0 Å². The minimum absolute atomic E-state index is 0.0618. The Kier molecular flexibility index (Phi) is 5.35. The fourth-order valence-corrected chi connectivity index (χ4v) is 5.15. The van der Waals surface area contributed by atoms with Crippen LogP contribution in [0.2, 0.25) is 0 Å². The molecule has 3 heterocycles. The molecule has 2 aromatic carbocycles. The molecule has 0 amide bonds. The number of hydrogen-bond acceptors (Lipinski definition) is 7. The van der Waals surface area contributed by atoms with Crippen LogP contribution in [0.1, 0.15) is 16.5 Å². The highest BCUT2D eigenvalue weighted by molar-refractivity contribution is 7.17. The summed E-state index contributed by atoms with van der Waals surface area (Å²) in [5.74, 6) is 1.60. The monoisotopic (exact) mass is 435 g/mol. The lowest BCUT2D eigenvalue weighted by Gasteiger charge is -2.37. The third kappa shape index (κ3) is 3.78. The van der Waals surface area contributed by atoms with Gasteiger partial charge in [0.05, 0.1) is 18.0 Å². The molecule has 1 saturated heterocycles. The van der Waals surface area contributed by atoms with Crippen molar-refractivity contribution in [3.63, 3.8) is 0 Å². The Balaban J connectivity index is 1.56. The second-order valence-electron chi connectivity index (χ2n) is 7.80. The maximum atomic E-state index is 11.2. The predicted octanol–water partition coefficient (Wildman–Crippen LogP) is 3.51. The molecule has 2 aromatic heterocycles. The number of aromatic nitrogens is 3. The predicted molar refractivity (Wildman–Crippen MR) is 122 cm³/mol. The second kappa shape index (κ2) is 8.30. The van der Waals surface area contributed by atoms with Crippen molar-refractivity contribution in [1.29, 1.82) is 0 Å². The summed E-state index contributed by atoms with van der Waals surface area (Å²) in [7, 11) is 3.81. The van der Waals surface area contributed by atoms with E-state index in [1.54, 1.807) is 11.6 Å². The van der Waals surface area contributed by atoms with Crippen LogP contribution in [-0.4, -0.2) is 69.8 Å². The van der Waals surface area contributed by atoms with Crippen LogP contribution in [0.15, 0.2) is 54.6 Å². The van der Waals surface area contributed by atoms with Gasteiger partial charge in [-0.05, 0) is 24.7 Å². The van der Waals surface area contributed by atoms with E-state index in [0.717, 1.165) is 47.9 Å². The summed E-state index contributed by atoms with van der Waals surface area (Å²) in [5, 5.41) is 15.8. The molecule has 5 rings (SSSR count). The highest BCUT2D eigenvalue weighted by Gasteiger charge is 2.31. The van der Waals surface area contributed by atoms with Gasteiger partial charge in [-0.15, -0.1) is 5.10 Å². The van der Waals surface area contributed by atoms with Gasteiger partial charge in [-0.2, -0.15) is 9.50 Å². The zero-order chi connectivity index (χ0) is 21.4. The molecular formula is C23H25N5O2S. The van der Waals surface area contributed by atoms with Gasteiger partial charge in [-0.1, -0.05) is 53.8 Å². The summed E-state index contributed by atoms with van der Waals surface area (Å²) in [6, 6.07) is 17.9. The summed E-state index contributed by atoms with van der Waals surface area (Å²) >= 11 is 1.50. The van der Waals surface area contributed by atoms with E-state index in [1.807, 2.05) is 42.5 Å². The number of rotatable bonds is 5. The van der Waals surface area contributed by atoms with Gasteiger partial charge >= 0.3 is 0 Å². The van der Waals surface area contributed by atoms with Gasteiger partial charge in [0, 0.05) is 31.7 Å². The van der Waals surface area contributed by atoms with Crippen molar-refractivity contribution in [2.75, 3.05) is 40.3 Å². The van der Waals surface area contributed by atoms with E-state index in [-0.39, 0.29) is 11.9 Å². The normalized spacial score (nSPS) is 16.6. The number of hydrogen-bond donors (Lipinski definition) is 1. The number of thiazole rings is 1. The number of benzene rings is 2. The van der Waals surface area contributed by atoms with E-state index >= 15 is 0 Å². The number of fused-ring (bicyclic) bond motifs is 1. The van der Waals surface area contributed by atoms with Crippen LogP contribution in [0.4, 0.5) is 0 Å². The summed E-state index contributed by atoms with van der Waals surface area (Å²) in [4.78, 5) is 11.0. The number of ether oxygens (including phenoxy) is 1. The minimum atomic E-state index is -0.0618. The molecule has 8 heteroatoms. The summed E-state index contributed by atoms with van der Waals surface area (Å²) in [5.41, 5.74) is 2.05. The lowest BCUT2D eigenvalue weighted by atomic mass is 10.0. The molecule has 0 bridgehead atoms. The molecule has 0 spiro atoms. The van der Waals surface area contributed by atoms with Gasteiger partial charge in [0.15, 0.2) is 5.82 Å². The standard InChI is InChI=1S/C23H25N5O2S/c1-26-12-14-27(15-13-26)19(16-8-10-18(30-2)11-9-16)20-22(29)28-23(31-20)24-21(25-28)17-6-4-3-5-7-17/h3-11,19,29H,12-15H2,1-2H3. The molecule has 1 aliphatic rings.